The molecule has 3 aromatic rings. The van der Waals surface area contributed by atoms with E-state index in [9.17, 15) is 13.2 Å². The molecule has 11 heteroatoms. The number of halogens is 1. The highest BCUT2D eigenvalue weighted by molar-refractivity contribution is 7.93. The van der Waals surface area contributed by atoms with Gasteiger partial charge in [-0.2, -0.15) is 0 Å². The number of anilines is 1. The molecule has 0 aliphatic rings. The monoisotopic (exact) mass is 471 g/mol. The molecule has 0 fully saturated rings. The number of aromatic nitrogens is 1. The lowest BCUT2D eigenvalue weighted by molar-refractivity contribution is 0.100. The molecule has 0 aliphatic heterocycles. The van der Waals surface area contributed by atoms with Crippen molar-refractivity contribution >= 4 is 44.8 Å². The molecule has 162 valence electrons. The minimum atomic E-state index is -4.01. The van der Waals surface area contributed by atoms with Crippen LogP contribution in [0.2, 0.25) is 5.02 Å². The van der Waals surface area contributed by atoms with Gasteiger partial charge in [0, 0.05) is 0 Å². The zero-order valence-corrected chi connectivity index (χ0v) is 19.2. The molecule has 0 atom stereocenters. The largest absolute Gasteiger partial charge is 0.392 e. The van der Waals surface area contributed by atoms with Crippen LogP contribution >= 0.6 is 22.9 Å². The Hall–Kier alpha value is -2.40. The highest BCUT2D eigenvalue weighted by Crippen LogP contribution is 2.29. The Morgan fingerprint density at radius 1 is 1.23 bits per heavy atom. The van der Waals surface area contributed by atoms with Crippen LogP contribution in [0.1, 0.15) is 37.6 Å². The van der Waals surface area contributed by atoms with Gasteiger partial charge in [-0.15, -0.1) is 11.3 Å². The van der Waals surface area contributed by atoms with E-state index in [0.717, 1.165) is 16.9 Å². The van der Waals surface area contributed by atoms with Crippen LogP contribution in [-0.4, -0.2) is 24.6 Å². The first-order chi connectivity index (χ1) is 14.0. The zero-order chi connectivity index (χ0) is 22.6. The number of thiophene rings is 1. The number of aryl methyl sites for hydroxylation is 3. The summed E-state index contributed by atoms with van der Waals surface area (Å²) in [7, 11) is -4.01. The fourth-order valence-corrected chi connectivity index (χ4v) is 5.00. The molecule has 30 heavy (non-hydrogen) atoms. The zero-order valence-electron chi connectivity index (χ0n) is 16.8. The maximum atomic E-state index is 12.1. The number of aliphatic hydroxyl groups excluding tert-OH is 1. The number of nitrogens with zero attached hydrogens (tertiary/aromatic N) is 1. The number of sulfonamides is 1. The van der Waals surface area contributed by atoms with E-state index in [1.54, 1.807) is 6.92 Å². The van der Waals surface area contributed by atoms with E-state index in [2.05, 4.69) is 22.9 Å². The van der Waals surface area contributed by atoms with Crippen molar-refractivity contribution in [2.24, 2.45) is 5.73 Å². The smallest absolute Gasteiger partial charge is 0.265 e. The van der Waals surface area contributed by atoms with Gasteiger partial charge >= 0.3 is 0 Å². The van der Waals surface area contributed by atoms with Gasteiger partial charge in [0.25, 0.3) is 21.8 Å². The van der Waals surface area contributed by atoms with Gasteiger partial charge in [0.1, 0.15) is 20.5 Å². The molecule has 4 N–H and O–H groups in total. The number of amides is 1. The van der Waals surface area contributed by atoms with Crippen LogP contribution in [0.15, 0.2) is 33.0 Å². The minimum Gasteiger partial charge on any atom is -0.392 e. The molecule has 0 radical (unpaired) electrons. The number of nitrogens with two attached hydrogens (primary N) is 1. The lowest BCUT2D eigenvalue weighted by atomic mass is 9.99. The maximum absolute atomic E-state index is 12.1. The average molecular weight is 472 g/mol. The number of aliphatic hydroxyl groups is 1. The van der Waals surface area contributed by atoms with Crippen molar-refractivity contribution in [2.45, 2.75) is 39.2 Å². The molecular formula is C19H22ClN3O5S2. The third-order valence-corrected chi connectivity index (χ3v) is 7.30. The Kier molecular flexibility index (Phi) is 7.64. The summed E-state index contributed by atoms with van der Waals surface area (Å²) < 4.78 is 31.0. The summed E-state index contributed by atoms with van der Waals surface area (Å²) in [5.41, 5.74) is 10.2. The Labute approximate surface area is 183 Å². The van der Waals surface area contributed by atoms with Crippen LogP contribution in [-0.2, 0) is 16.6 Å². The summed E-state index contributed by atoms with van der Waals surface area (Å²) >= 11 is 6.74. The van der Waals surface area contributed by atoms with Gasteiger partial charge in [-0.25, -0.2) is 13.1 Å². The van der Waals surface area contributed by atoms with Gasteiger partial charge in [0.15, 0.2) is 0 Å². The number of carbonyl (C=O) groups is 1. The van der Waals surface area contributed by atoms with Crippen molar-refractivity contribution in [3.8, 4) is 0 Å². The predicted octanol–water partition coefficient (Wildman–Crippen LogP) is 3.70. The summed E-state index contributed by atoms with van der Waals surface area (Å²) in [5, 5.41) is 14.0. The van der Waals surface area contributed by atoms with Gasteiger partial charge in [0.05, 0.1) is 6.61 Å². The van der Waals surface area contributed by atoms with Gasteiger partial charge in [0.2, 0.25) is 0 Å². The molecule has 0 spiro atoms. The second-order valence-electron chi connectivity index (χ2n) is 6.46. The molecule has 0 saturated heterocycles. The summed E-state index contributed by atoms with van der Waals surface area (Å²) in [6.45, 7) is 7.85. The Morgan fingerprint density at radius 2 is 1.87 bits per heavy atom. The first kappa shape index (κ1) is 23.9. The van der Waals surface area contributed by atoms with E-state index < -0.39 is 15.9 Å². The first-order valence-corrected chi connectivity index (χ1v) is 11.4. The molecule has 1 amide bonds. The van der Waals surface area contributed by atoms with E-state index in [-0.39, 0.29) is 27.3 Å². The van der Waals surface area contributed by atoms with Gasteiger partial charge in [-0.3, -0.25) is 4.79 Å². The van der Waals surface area contributed by atoms with Crippen molar-refractivity contribution in [2.75, 3.05) is 4.72 Å². The van der Waals surface area contributed by atoms with Crippen LogP contribution in [0.25, 0.3) is 0 Å². The number of hydrogen-bond acceptors (Lipinski definition) is 7. The van der Waals surface area contributed by atoms with Crippen LogP contribution in [0.3, 0.4) is 0 Å². The molecular weight excluding hydrogens is 450 g/mol. The van der Waals surface area contributed by atoms with Crippen molar-refractivity contribution in [3.05, 3.63) is 61.4 Å². The van der Waals surface area contributed by atoms with E-state index >= 15 is 0 Å². The highest BCUT2D eigenvalue weighted by Gasteiger charge is 2.25. The van der Waals surface area contributed by atoms with E-state index in [1.807, 2.05) is 19.9 Å². The molecule has 0 aliphatic carbocycles. The van der Waals surface area contributed by atoms with E-state index in [1.165, 1.54) is 28.1 Å². The number of primary amides is 1. The van der Waals surface area contributed by atoms with Crippen molar-refractivity contribution < 1.29 is 22.8 Å². The van der Waals surface area contributed by atoms with Gasteiger partial charge in [-0.05, 0) is 61.4 Å². The SMILES string of the molecule is Cc1ccc(C)c(CO)c1C.Cc1noc(NS(=O)(=O)c2ccsc2C(N)=O)c1Cl. The predicted molar refractivity (Wildman–Crippen MR) is 116 cm³/mol. The fourth-order valence-electron chi connectivity index (χ4n) is 2.54. The third kappa shape index (κ3) is 5.20. The van der Waals surface area contributed by atoms with Crippen LogP contribution < -0.4 is 10.5 Å². The lowest BCUT2D eigenvalue weighted by Gasteiger charge is -2.08. The third-order valence-electron chi connectivity index (χ3n) is 4.42. The Bertz CT molecular complexity index is 1170. The van der Waals surface area contributed by atoms with E-state index in [4.69, 9.17) is 27.0 Å². The number of nitrogens with one attached hydrogen (secondary N) is 1. The number of rotatable bonds is 5. The number of carbonyl (C=O) groups excluding carboxylic acids is 1. The quantitative estimate of drug-likeness (QED) is 0.519. The molecule has 3 rings (SSSR count). The van der Waals surface area contributed by atoms with Crippen molar-refractivity contribution in [1.82, 2.24) is 5.16 Å². The van der Waals surface area contributed by atoms with Crippen LogP contribution in [0.4, 0.5) is 5.88 Å². The summed E-state index contributed by atoms with van der Waals surface area (Å²) in [5.74, 6) is -1.03. The van der Waals surface area contributed by atoms with Gasteiger partial charge in [-0.1, -0.05) is 28.9 Å². The molecule has 2 heterocycles. The normalized spacial score (nSPS) is 11.0. The highest BCUT2D eigenvalue weighted by atomic mass is 35.5. The summed E-state index contributed by atoms with van der Waals surface area (Å²) in [6.07, 6.45) is 0. The molecule has 8 nitrogen and oxygen atoms in total. The second kappa shape index (κ2) is 9.61. The van der Waals surface area contributed by atoms with Crippen LogP contribution in [0, 0.1) is 27.7 Å². The van der Waals surface area contributed by atoms with Crippen LogP contribution in [0.5, 0.6) is 0 Å². The standard InChI is InChI=1S/C10H14O.C9H8ClN3O4S2/c1-7-4-5-8(2)10(6-11)9(7)3;1-4-6(10)9(17-12-4)13-19(15,16)5-2-3-18-7(5)8(11)14/h4-5,11H,6H2,1-3H3;2-3,13H,1H3,(H2,11,14). The Balaban J connectivity index is 0.000000248. The van der Waals surface area contributed by atoms with E-state index in [0.29, 0.717) is 5.69 Å². The average Bonchev–Trinajstić information content (AvgIpc) is 3.29. The maximum Gasteiger partial charge on any atom is 0.265 e. The fraction of sp³-hybridized carbons (Fsp3) is 0.263. The first-order valence-electron chi connectivity index (χ1n) is 8.68. The number of hydrogen-bond donors (Lipinski definition) is 3. The van der Waals surface area contributed by atoms with Crippen molar-refractivity contribution in [3.63, 3.8) is 0 Å². The molecule has 0 bridgehead atoms. The molecule has 0 saturated carbocycles. The Morgan fingerprint density at radius 3 is 2.37 bits per heavy atom. The number of benzene rings is 1. The molecule has 0 unspecified atom stereocenters. The molecule has 1 aromatic carbocycles. The van der Waals surface area contributed by atoms with Crippen molar-refractivity contribution in [1.29, 1.82) is 0 Å². The van der Waals surface area contributed by atoms with Gasteiger partial charge < -0.3 is 15.4 Å². The summed E-state index contributed by atoms with van der Waals surface area (Å²) in [6, 6.07) is 5.40. The molecule has 2 aromatic heterocycles. The minimum absolute atomic E-state index is 0.0550. The second-order valence-corrected chi connectivity index (χ2v) is 9.40. The summed E-state index contributed by atoms with van der Waals surface area (Å²) in [4.78, 5) is 10.8. The topological polar surface area (TPSA) is 136 Å². The lowest BCUT2D eigenvalue weighted by Crippen LogP contribution is -2.18.